The van der Waals surface area contributed by atoms with Gasteiger partial charge in [0, 0.05) is 11.4 Å². The molecule has 3 rings (SSSR count). The van der Waals surface area contributed by atoms with Crippen LogP contribution in [0.2, 0.25) is 0 Å². The van der Waals surface area contributed by atoms with E-state index in [0.717, 1.165) is 17.5 Å². The fourth-order valence-electron chi connectivity index (χ4n) is 2.90. The molecule has 3 aromatic carbocycles. The number of aryl methyl sites for hydroxylation is 3. The van der Waals surface area contributed by atoms with Crippen molar-refractivity contribution in [2.45, 2.75) is 32.1 Å². The monoisotopic (exact) mass is 438 g/mol. The number of amides is 1. The Morgan fingerprint density at radius 3 is 2.13 bits per heavy atom. The van der Waals surface area contributed by atoms with Crippen LogP contribution in [0, 0.1) is 13.8 Å². The summed E-state index contributed by atoms with van der Waals surface area (Å²) in [6, 6.07) is 18.9. The average Bonchev–Trinajstić information content (AvgIpc) is 2.75. The molecule has 0 aliphatic heterocycles. The van der Waals surface area contributed by atoms with Crippen molar-refractivity contribution in [1.29, 1.82) is 0 Å². The summed E-state index contributed by atoms with van der Waals surface area (Å²) in [5, 5.41) is 2.70. The zero-order valence-corrected chi connectivity index (χ0v) is 18.6. The highest BCUT2D eigenvalue weighted by Gasteiger charge is 2.15. The third kappa shape index (κ3) is 6.08. The highest BCUT2D eigenvalue weighted by atomic mass is 32.2. The molecule has 0 heterocycles. The second kappa shape index (κ2) is 9.66. The Hall–Kier alpha value is -3.32. The second-order valence-electron chi connectivity index (χ2n) is 7.26. The summed E-state index contributed by atoms with van der Waals surface area (Å²) in [4.78, 5) is 12.2. The topological polar surface area (TPSA) is 84.5 Å². The van der Waals surface area contributed by atoms with Gasteiger partial charge in [-0.25, -0.2) is 8.42 Å². The molecule has 0 saturated carbocycles. The molecule has 31 heavy (non-hydrogen) atoms. The normalized spacial score (nSPS) is 11.1. The molecule has 1 amide bonds. The van der Waals surface area contributed by atoms with Crippen LogP contribution < -0.4 is 14.8 Å². The van der Waals surface area contributed by atoms with Gasteiger partial charge >= 0.3 is 0 Å². The minimum Gasteiger partial charge on any atom is -0.484 e. The first kappa shape index (κ1) is 22.4. The summed E-state index contributed by atoms with van der Waals surface area (Å²) in [5.74, 6) is 0.287. The van der Waals surface area contributed by atoms with E-state index < -0.39 is 10.0 Å². The first-order valence-corrected chi connectivity index (χ1v) is 11.5. The predicted octanol–water partition coefficient (Wildman–Crippen LogP) is 4.68. The highest BCUT2D eigenvalue weighted by molar-refractivity contribution is 7.92. The van der Waals surface area contributed by atoms with Gasteiger partial charge in [0.1, 0.15) is 5.75 Å². The van der Waals surface area contributed by atoms with E-state index >= 15 is 0 Å². The minimum atomic E-state index is -3.73. The quantitative estimate of drug-likeness (QED) is 0.535. The van der Waals surface area contributed by atoms with Gasteiger partial charge < -0.3 is 10.1 Å². The number of hydrogen-bond donors (Lipinski definition) is 2. The van der Waals surface area contributed by atoms with Crippen LogP contribution in [0.5, 0.6) is 5.75 Å². The zero-order valence-electron chi connectivity index (χ0n) is 17.8. The molecule has 0 fully saturated rings. The molecular weight excluding hydrogens is 412 g/mol. The minimum absolute atomic E-state index is 0.107. The molecule has 162 valence electrons. The molecule has 0 saturated heterocycles. The molecular formula is C24H26N2O4S. The SMILES string of the molecule is CCc1ccc(OCC(=O)Nc2ccc(S(=O)(=O)Nc3ccc(C)c(C)c3)cc2)cc1. The fraction of sp³-hybridized carbons (Fsp3) is 0.208. The van der Waals surface area contributed by atoms with E-state index in [9.17, 15) is 13.2 Å². The first-order chi connectivity index (χ1) is 14.8. The molecule has 0 unspecified atom stereocenters. The van der Waals surface area contributed by atoms with E-state index in [1.54, 1.807) is 24.3 Å². The molecule has 3 aromatic rings. The Morgan fingerprint density at radius 2 is 1.52 bits per heavy atom. The standard InChI is InChI=1S/C24H26N2O4S/c1-4-19-6-11-22(12-7-19)30-16-24(27)25-20-9-13-23(14-10-20)31(28,29)26-21-8-5-17(2)18(3)15-21/h5-15,26H,4,16H2,1-3H3,(H,25,27). The van der Waals surface area contributed by atoms with Crippen molar-refractivity contribution in [3.63, 3.8) is 0 Å². The average molecular weight is 439 g/mol. The van der Waals surface area contributed by atoms with Gasteiger partial charge in [0.15, 0.2) is 6.61 Å². The van der Waals surface area contributed by atoms with Crippen molar-refractivity contribution in [2.24, 2.45) is 0 Å². The Morgan fingerprint density at radius 1 is 0.871 bits per heavy atom. The van der Waals surface area contributed by atoms with E-state index in [-0.39, 0.29) is 17.4 Å². The lowest BCUT2D eigenvalue weighted by atomic mass is 10.1. The Labute approximate surface area is 183 Å². The third-order valence-corrected chi connectivity index (χ3v) is 6.31. The van der Waals surface area contributed by atoms with Crippen molar-refractivity contribution in [3.05, 3.63) is 83.4 Å². The van der Waals surface area contributed by atoms with Crippen LogP contribution in [0.25, 0.3) is 0 Å². The maximum Gasteiger partial charge on any atom is 0.262 e. The number of carbonyl (C=O) groups is 1. The molecule has 0 radical (unpaired) electrons. The van der Waals surface area contributed by atoms with Crippen molar-refractivity contribution < 1.29 is 17.9 Å². The molecule has 0 aliphatic rings. The summed E-state index contributed by atoms with van der Waals surface area (Å²) < 4.78 is 33.3. The number of benzene rings is 3. The number of rotatable bonds is 8. The van der Waals surface area contributed by atoms with Crippen LogP contribution in [0.1, 0.15) is 23.6 Å². The van der Waals surface area contributed by atoms with Crippen LogP contribution in [-0.4, -0.2) is 20.9 Å². The Bertz CT molecular complexity index is 1160. The lowest BCUT2D eigenvalue weighted by Crippen LogP contribution is -2.20. The molecule has 0 atom stereocenters. The number of carbonyl (C=O) groups excluding carboxylic acids is 1. The lowest BCUT2D eigenvalue weighted by Gasteiger charge is -2.11. The second-order valence-corrected chi connectivity index (χ2v) is 8.95. The summed E-state index contributed by atoms with van der Waals surface area (Å²) >= 11 is 0. The number of anilines is 2. The Balaban J connectivity index is 1.58. The maximum absolute atomic E-state index is 12.6. The summed E-state index contributed by atoms with van der Waals surface area (Å²) in [6.45, 7) is 5.82. The van der Waals surface area contributed by atoms with E-state index in [0.29, 0.717) is 17.1 Å². The smallest absolute Gasteiger partial charge is 0.262 e. The largest absolute Gasteiger partial charge is 0.484 e. The summed E-state index contributed by atoms with van der Waals surface area (Å²) in [6.07, 6.45) is 0.937. The number of hydrogen-bond acceptors (Lipinski definition) is 4. The maximum atomic E-state index is 12.6. The van der Waals surface area contributed by atoms with E-state index in [1.807, 2.05) is 44.2 Å². The number of sulfonamides is 1. The van der Waals surface area contributed by atoms with Gasteiger partial charge in [-0.2, -0.15) is 0 Å². The lowest BCUT2D eigenvalue weighted by molar-refractivity contribution is -0.118. The van der Waals surface area contributed by atoms with E-state index in [2.05, 4.69) is 17.0 Å². The number of nitrogens with one attached hydrogen (secondary N) is 2. The number of ether oxygens (including phenoxy) is 1. The van der Waals surface area contributed by atoms with Crippen molar-refractivity contribution >= 4 is 27.3 Å². The zero-order chi connectivity index (χ0) is 22.4. The van der Waals surface area contributed by atoms with Gasteiger partial charge in [0.05, 0.1) is 4.90 Å². The molecule has 7 heteroatoms. The van der Waals surface area contributed by atoms with Crippen LogP contribution in [0.4, 0.5) is 11.4 Å². The highest BCUT2D eigenvalue weighted by Crippen LogP contribution is 2.20. The van der Waals surface area contributed by atoms with Crippen LogP contribution in [0.3, 0.4) is 0 Å². The van der Waals surface area contributed by atoms with Crippen LogP contribution in [0.15, 0.2) is 71.6 Å². The van der Waals surface area contributed by atoms with E-state index in [4.69, 9.17) is 4.74 Å². The van der Waals surface area contributed by atoms with Gasteiger partial charge in [-0.3, -0.25) is 9.52 Å². The van der Waals surface area contributed by atoms with Crippen molar-refractivity contribution in [3.8, 4) is 5.75 Å². The Kier molecular flexibility index (Phi) is 6.97. The molecule has 0 aliphatic carbocycles. The fourth-order valence-corrected chi connectivity index (χ4v) is 3.95. The predicted molar refractivity (Wildman–Crippen MR) is 123 cm³/mol. The van der Waals surface area contributed by atoms with Gasteiger partial charge in [-0.15, -0.1) is 0 Å². The van der Waals surface area contributed by atoms with Gasteiger partial charge in [0.2, 0.25) is 0 Å². The van der Waals surface area contributed by atoms with Gasteiger partial charge in [0.25, 0.3) is 15.9 Å². The van der Waals surface area contributed by atoms with Gasteiger partial charge in [-0.05, 0) is 85.5 Å². The molecule has 0 spiro atoms. The van der Waals surface area contributed by atoms with Crippen LogP contribution in [-0.2, 0) is 21.2 Å². The van der Waals surface area contributed by atoms with Crippen LogP contribution >= 0.6 is 0 Å². The molecule has 6 nitrogen and oxygen atoms in total. The van der Waals surface area contributed by atoms with Crippen molar-refractivity contribution in [1.82, 2.24) is 0 Å². The summed E-state index contributed by atoms with van der Waals surface area (Å²) in [7, 11) is -3.73. The van der Waals surface area contributed by atoms with Crippen molar-refractivity contribution in [2.75, 3.05) is 16.6 Å². The third-order valence-electron chi connectivity index (χ3n) is 4.91. The molecule has 0 bridgehead atoms. The molecule has 2 N–H and O–H groups in total. The molecule has 0 aromatic heterocycles. The summed E-state index contributed by atoms with van der Waals surface area (Å²) in [5.41, 5.74) is 4.27. The first-order valence-electron chi connectivity index (χ1n) is 9.98. The van der Waals surface area contributed by atoms with E-state index in [1.165, 1.54) is 17.7 Å². The van der Waals surface area contributed by atoms with Gasteiger partial charge in [-0.1, -0.05) is 25.1 Å².